The molecule has 1 aromatic heterocycles. The van der Waals surface area contributed by atoms with E-state index >= 15 is 0 Å². The number of amides is 1. The second kappa shape index (κ2) is 7.03. The predicted octanol–water partition coefficient (Wildman–Crippen LogP) is 1.72. The van der Waals surface area contributed by atoms with Crippen molar-refractivity contribution < 1.29 is 4.79 Å². The van der Waals surface area contributed by atoms with Gasteiger partial charge in [-0.2, -0.15) is 11.3 Å². The number of nitrogens with zero attached hydrogens (tertiary/aromatic N) is 2. The van der Waals surface area contributed by atoms with Gasteiger partial charge in [-0.05, 0) is 17.0 Å². The Morgan fingerprint density at radius 3 is 2.58 bits per heavy atom. The van der Waals surface area contributed by atoms with E-state index in [1.165, 1.54) is 5.56 Å². The average molecular weight is 342 g/mol. The van der Waals surface area contributed by atoms with E-state index in [0.29, 0.717) is 5.92 Å². The maximum atomic E-state index is 12.5. The second-order valence-corrected chi connectivity index (χ2v) is 7.11. The largest absolute Gasteiger partial charge is 0.336 e. The summed E-state index contributed by atoms with van der Waals surface area (Å²) < 4.78 is 0. The molecule has 126 valence electrons. The summed E-state index contributed by atoms with van der Waals surface area (Å²) in [6.07, 6.45) is 0.283. The lowest BCUT2D eigenvalue weighted by atomic mass is 9.96. The van der Waals surface area contributed by atoms with Crippen molar-refractivity contribution in [2.75, 3.05) is 32.7 Å². The van der Waals surface area contributed by atoms with Gasteiger partial charge in [0.2, 0.25) is 0 Å². The van der Waals surface area contributed by atoms with Crippen LogP contribution in [-0.2, 0) is 0 Å². The van der Waals surface area contributed by atoms with Gasteiger partial charge in [0, 0.05) is 44.0 Å². The van der Waals surface area contributed by atoms with E-state index in [-0.39, 0.29) is 12.1 Å². The van der Waals surface area contributed by atoms with Crippen molar-refractivity contribution in [1.29, 1.82) is 0 Å². The van der Waals surface area contributed by atoms with E-state index in [1.54, 1.807) is 11.3 Å². The molecule has 5 nitrogen and oxygen atoms in total. The molecule has 0 saturated carbocycles. The van der Waals surface area contributed by atoms with Crippen LogP contribution in [0.15, 0.2) is 47.2 Å². The van der Waals surface area contributed by atoms with Gasteiger partial charge < -0.3 is 4.90 Å². The van der Waals surface area contributed by atoms with Gasteiger partial charge in [-0.3, -0.25) is 15.1 Å². The lowest BCUT2D eigenvalue weighted by molar-refractivity contribution is 0.0527. The van der Waals surface area contributed by atoms with Crippen LogP contribution in [0, 0.1) is 0 Å². The first kappa shape index (κ1) is 15.8. The lowest BCUT2D eigenvalue weighted by Gasteiger charge is -2.39. The molecular formula is C18H22N4OS. The Labute approximate surface area is 146 Å². The van der Waals surface area contributed by atoms with E-state index in [9.17, 15) is 4.79 Å². The number of benzene rings is 1. The van der Waals surface area contributed by atoms with Gasteiger partial charge in [-0.1, -0.05) is 30.3 Å². The Balaban J connectivity index is 1.39. The summed E-state index contributed by atoms with van der Waals surface area (Å²) in [4.78, 5) is 16.9. The molecule has 0 radical (unpaired) electrons. The molecule has 0 spiro atoms. The number of carbonyl (C=O) groups excluding carboxylic acids is 1. The standard InChI is InChI=1S/C18H22N4OS/c23-18(15-6-11-24-13-15)22-9-7-21(8-10-22)17-16(12-19-20-17)14-4-2-1-3-5-14/h1-6,11,13,16-17,19-20H,7-10,12H2. The molecule has 2 aromatic rings. The number of hydrogen-bond acceptors (Lipinski definition) is 5. The van der Waals surface area contributed by atoms with Crippen LogP contribution in [-0.4, -0.2) is 54.6 Å². The minimum atomic E-state index is 0.160. The van der Waals surface area contributed by atoms with Gasteiger partial charge in [0.15, 0.2) is 0 Å². The van der Waals surface area contributed by atoms with Gasteiger partial charge in [-0.15, -0.1) is 0 Å². The summed E-state index contributed by atoms with van der Waals surface area (Å²) in [7, 11) is 0. The molecule has 2 unspecified atom stereocenters. The molecule has 2 atom stereocenters. The molecule has 4 rings (SSSR count). The predicted molar refractivity (Wildman–Crippen MR) is 95.9 cm³/mol. The highest BCUT2D eigenvalue weighted by atomic mass is 32.1. The van der Waals surface area contributed by atoms with Gasteiger partial charge in [0.1, 0.15) is 0 Å². The van der Waals surface area contributed by atoms with Crippen molar-refractivity contribution in [3.8, 4) is 0 Å². The number of rotatable bonds is 3. The van der Waals surface area contributed by atoms with Crippen LogP contribution in [0.5, 0.6) is 0 Å². The fourth-order valence-corrected chi connectivity index (χ4v) is 4.23. The molecule has 2 aliphatic rings. The molecule has 2 fully saturated rings. The third-order valence-corrected chi connectivity index (χ3v) is 5.63. The number of hydrazine groups is 1. The van der Waals surface area contributed by atoms with Crippen molar-refractivity contribution in [3.05, 3.63) is 58.3 Å². The van der Waals surface area contributed by atoms with E-state index in [1.807, 2.05) is 21.7 Å². The van der Waals surface area contributed by atoms with Gasteiger partial charge in [-0.25, -0.2) is 5.43 Å². The fraction of sp³-hybridized carbons (Fsp3) is 0.389. The molecule has 2 saturated heterocycles. The molecule has 2 N–H and O–H groups in total. The fourth-order valence-electron chi connectivity index (χ4n) is 3.60. The molecule has 0 bridgehead atoms. The van der Waals surface area contributed by atoms with Crippen molar-refractivity contribution >= 4 is 17.2 Å². The minimum Gasteiger partial charge on any atom is -0.336 e. The minimum absolute atomic E-state index is 0.160. The van der Waals surface area contributed by atoms with Crippen LogP contribution in [0.1, 0.15) is 21.8 Å². The number of nitrogens with one attached hydrogen (secondary N) is 2. The number of hydrogen-bond donors (Lipinski definition) is 2. The lowest BCUT2D eigenvalue weighted by Crippen LogP contribution is -2.56. The quantitative estimate of drug-likeness (QED) is 0.892. The number of carbonyl (C=O) groups is 1. The first-order valence-electron chi connectivity index (χ1n) is 8.42. The van der Waals surface area contributed by atoms with Crippen LogP contribution in [0.2, 0.25) is 0 Å². The average Bonchev–Trinajstić information content (AvgIpc) is 3.34. The first-order chi connectivity index (χ1) is 11.8. The smallest absolute Gasteiger partial charge is 0.254 e. The Bertz CT molecular complexity index is 668. The van der Waals surface area contributed by atoms with Gasteiger partial charge in [0.25, 0.3) is 5.91 Å². The zero-order valence-electron chi connectivity index (χ0n) is 13.5. The van der Waals surface area contributed by atoms with Crippen LogP contribution >= 0.6 is 11.3 Å². The summed E-state index contributed by atoms with van der Waals surface area (Å²) in [5.41, 5.74) is 8.90. The molecular weight excluding hydrogens is 320 g/mol. The molecule has 0 aliphatic carbocycles. The summed E-state index contributed by atoms with van der Waals surface area (Å²) in [6, 6.07) is 12.6. The highest BCUT2D eigenvalue weighted by molar-refractivity contribution is 7.08. The van der Waals surface area contributed by atoms with E-state index in [0.717, 1.165) is 38.3 Å². The Hall–Kier alpha value is -1.73. The van der Waals surface area contributed by atoms with Crippen LogP contribution in [0.25, 0.3) is 0 Å². The zero-order valence-corrected chi connectivity index (χ0v) is 14.3. The monoisotopic (exact) mass is 342 g/mol. The molecule has 3 heterocycles. The van der Waals surface area contributed by atoms with Crippen molar-refractivity contribution in [3.63, 3.8) is 0 Å². The summed E-state index contributed by atoms with van der Waals surface area (Å²) in [6.45, 7) is 4.31. The summed E-state index contributed by atoms with van der Waals surface area (Å²) >= 11 is 1.57. The molecule has 1 aromatic carbocycles. The normalized spacial score (nSPS) is 25.1. The maximum Gasteiger partial charge on any atom is 0.254 e. The van der Waals surface area contributed by atoms with Crippen LogP contribution in [0.3, 0.4) is 0 Å². The Morgan fingerprint density at radius 2 is 1.88 bits per heavy atom. The van der Waals surface area contributed by atoms with Crippen molar-refractivity contribution in [2.24, 2.45) is 0 Å². The van der Waals surface area contributed by atoms with E-state index < -0.39 is 0 Å². The Morgan fingerprint density at radius 1 is 1.08 bits per heavy atom. The highest BCUT2D eigenvalue weighted by Gasteiger charge is 2.35. The topological polar surface area (TPSA) is 47.6 Å². The number of piperazine rings is 1. The third-order valence-electron chi connectivity index (χ3n) is 4.94. The summed E-state index contributed by atoms with van der Waals surface area (Å²) in [5, 5.41) is 3.89. The SMILES string of the molecule is O=C(c1ccsc1)N1CCN(C2NNCC2c2ccccc2)CC1. The second-order valence-electron chi connectivity index (χ2n) is 6.33. The van der Waals surface area contributed by atoms with Crippen molar-refractivity contribution in [1.82, 2.24) is 20.7 Å². The third kappa shape index (κ3) is 3.10. The van der Waals surface area contributed by atoms with E-state index in [2.05, 4.69) is 46.1 Å². The number of thiophene rings is 1. The maximum absolute atomic E-state index is 12.5. The zero-order chi connectivity index (χ0) is 16.4. The van der Waals surface area contributed by atoms with Crippen LogP contribution in [0.4, 0.5) is 0 Å². The molecule has 2 aliphatic heterocycles. The Kier molecular flexibility index (Phi) is 4.62. The summed E-state index contributed by atoms with van der Waals surface area (Å²) in [5.74, 6) is 0.596. The molecule has 1 amide bonds. The van der Waals surface area contributed by atoms with Crippen molar-refractivity contribution in [2.45, 2.75) is 12.1 Å². The first-order valence-corrected chi connectivity index (χ1v) is 9.36. The van der Waals surface area contributed by atoms with Crippen LogP contribution < -0.4 is 10.9 Å². The van der Waals surface area contributed by atoms with Gasteiger partial charge in [0.05, 0.1) is 11.7 Å². The highest BCUT2D eigenvalue weighted by Crippen LogP contribution is 2.25. The van der Waals surface area contributed by atoms with E-state index in [4.69, 9.17) is 0 Å². The molecule has 24 heavy (non-hydrogen) atoms. The van der Waals surface area contributed by atoms with Gasteiger partial charge >= 0.3 is 0 Å². The molecule has 6 heteroatoms.